The summed E-state index contributed by atoms with van der Waals surface area (Å²) in [5, 5.41) is 0. The van der Waals surface area contributed by atoms with Crippen LogP contribution < -0.4 is 0 Å². The highest BCUT2D eigenvalue weighted by atomic mass is 32.2. The minimum absolute atomic E-state index is 0.190. The molecule has 0 spiro atoms. The monoisotopic (exact) mass is 232 g/mol. The van der Waals surface area contributed by atoms with Crippen molar-refractivity contribution in [2.24, 2.45) is 0 Å². The van der Waals surface area contributed by atoms with Crippen molar-refractivity contribution in [3.63, 3.8) is 0 Å². The number of hydrogen-bond donors (Lipinski definition) is 1. The lowest BCUT2D eigenvalue weighted by Crippen LogP contribution is -2.04. The van der Waals surface area contributed by atoms with Crippen molar-refractivity contribution in [3.8, 4) is 0 Å². The van der Waals surface area contributed by atoms with E-state index in [0.29, 0.717) is 12.8 Å². The van der Waals surface area contributed by atoms with Crippen molar-refractivity contribution in [2.45, 2.75) is 19.3 Å². The van der Waals surface area contributed by atoms with Crippen LogP contribution in [0.1, 0.15) is 19.3 Å². The molecule has 78 valence electrons. The molecule has 0 saturated carbocycles. The molecular weight excluding hydrogens is 220 g/mol. The Bertz CT molecular complexity index is 377. The van der Waals surface area contributed by atoms with Crippen molar-refractivity contribution in [1.29, 1.82) is 0 Å². The summed E-state index contributed by atoms with van der Waals surface area (Å²) in [5.41, 5.74) is 1.03. The van der Waals surface area contributed by atoms with Crippen LogP contribution in [0.15, 0.2) is 23.8 Å². The van der Waals surface area contributed by atoms with Crippen LogP contribution in [0, 0.1) is 0 Å². The molecule has 0 aromatic rings. The van der Waals surface area contributed by atoms with Gasteiger partial charge in [0, 0.05) is 11.3 Å². The Morgan fingerprint density at radius 1 is 1.50 bits per heavy atom. The van der Waals surface area contributed by atoms with E-state index in [1.54, 1.807) is 0 Å². The van der Waals surface area contributed by atoms with Crippen LogP contribution in [0.2, 0.25) is 0 Å². The van der Waals surface area contributed by atoms with Gasteiger partial charge in [-0.1, -0.05) is 24.4 Å². The molecule has 0 aromatic carbocycles. The predicted molar refractivity (Wildman–Crippen MR) is 60.1 cm³/mol. The maximum atomic E-state index is 10.4. The first-order valence-corrected chi connectivity index (χ1v) is 6.34. The van der Waals surface area contributed by atoms with Crippen LogP contribution in [0.4, 0.5) is 0 Å². The number of allylic oxidation sites excluding steroid dienone is 4. The second kappa shape index (κ2) is 4.82. The quantitative estimate of drug-likeness (QED) is 0.594. The third kappa shape index (κ3) is 4.64. The molecule has 0 bridgehead atoms. The predicted octanol–water partition coefficient (Wildman–Crippen LogP) is 1.91. The van der Waals surface area contributed by atoms with Crippen LogP contribution in [-0.4, -0.2) is 23.6 Å². The highest BCUT2D eigenvalue weighted by molar-refractivity contribution is 7.85. The Morgan fingerprint density at radius 3 is 2.79 bits per heavy atom. The van der Waals surface area contributed by atoms with Gasteiger partial charge in [-0.2, -0.15) is 8.42 Å². The van der Waals surface area contributed by atoms with Gasteiger partial charge in [-0.3, -0.25) is 4.55 Å². The molecule has 0 radical (unpaired) electrons. The molecule has 1 N–H and O–H groups in total. The maximum Gasteiger partial charge on any atom is 0.264 e. The third-order valence-electron chi connectivity index (χ3n) is 1.87. The molecule has 0 aliphatic heterocycles. The Labute approximate surface area is 89.3 Å². The van der Waals surface area contributed by atoms with E-state index < -0.39 is 10.1 Å². The van der Waals surface area contributed by atoms with E-state index in [-0.39, 0.29) is 5.75 Å². The van der Waals surface area contributed by atoms with Crippen molar-refractivity contribution in [1.82, 2.24) is 0 Å². The van der Waals surface area contributed by atoms with Gasteiger partial charge in [0.15, 0.2) is 0 Å². The maximum absolute atomic E-state index is 10.4. The zero-order valence-corrected chi connectivity index (χ0v) is 9.27. The van der Waals surface area contributed by atoms with Gasteiger partial charge in [-0.15, -0.1) is 0 Å². The van der Waals surface area contributed by atoms with Crippen molar-refractivity contribution in [2.75, 3.05) is 5.75 Å². The molecule has 0 aromatic heterocycles. The number of hydrogen-bond acceptors (Lipinski definition) is 3. The van der Waals surface area contributed by atoms with E-state index in [1.807, 2.05) is 18.2 Å². The molecule has 3 nitrogen and oxygen atoms in total. The van der Waals surface area contributed by atoms with Crippen molar-refractivity contribution in [3.05, 3.63) is 23.8 Å². The van der Waals surface area contributed by atoms with Crippen LogP contribution >= 0.6 is 12.2 Å². The zero-order chi connectivity index (χ0) is 10.6. The Morgan fingerprint density at radius 2 is 2.21 bits per heavy atom. The topological polar surface area (TPSA) is 54.4 Å². The van der Waals surface area contributed by atoms with E-state index in [1.165, 1.54) is 0 Å². The molecular formula is C9H12O3S2. The molecule has 14 heavy (non-hydrogen) atoms. The van der Waals surface area contributed by atoms with E-state index >= 15 is 0 Å². The minimum atomic E-state index is -3.82. The van der Waals surface area contributed by atoms with Gasteiger partial charge in [0.25, 0.3) is 10.1 Å². The largest absolute Gasteiger partial charge is 0.286 e. The Hall–Kier alpha value is -0.520. The summed E-state index contributed by atoms with van der Waals surface area (Å²) in [6.07, 6.45) is 7.65. The highest BCUT2D eigenvalue weighted by Gasteiger charge is 2.06. The first-order valence-electron chi connectivity index (χ1n) is 4.32. The lowest BCUT2D eigenvalue weighted by atomic mass is 10.0. The molecule has 0 amide bonds. The fraction of sp³-hybridized carbons (Fsp3) is 0.444. The number of rotatable bonds is 4. The van der Waals surface area contributed by atoms with Gasteiger partial charge < -0.3 is 0 Å². The lowest BCUT2D eigenvalue weighted by molar-refractivity contribution is 0.481. The van der Waals surface area contributed by atoms with Gasteiger partial charge in [-0.05, 0) is 24.5 Å². The lowest BCUT2D eigenvalue weighted by Gasteiger charge is -2.06. The fourth-order valence-electron chi connectivity index (χ4n) is 1.25. The SMILES string of the molecule is O=S(=O)(O)CCCC1=CC(=S)CC=C1. The Kier molecular flexibility index (Phi) is 3.97. The molecule has 0 atom stereocenters. The zero-order valence-electron chi connectivity index (χ0n) is 7.64. The molecule has 1 rings (SSSR count). The van der Waals surface area contributed by atoms with Gasteiger partial charge in [-0.25, -0.2) is 0 Å². The molecule has 1 aliphatic carbocycles. The van der Waals surface area contributed by atoms with Gasteiger partial charge in [0.2, 0.25) is 0 Å². The molecule has 1 aliphatic rings. The van der Waals surface area contributed by atoms with Crippen molar-refractivity contribution >= 4 is 27.2 Å². The summed E-state index contributed by atoms with van der Waals surface area (Å²) in [5.74, 6) is -0.190. The second-order valence-electron chi connectivity index (χ2n) is 3.18. The third-order valence-corrected chi connectivity index (χ3v) is 2.95. The van der Waals surface area contributed by atoms with Crippen LogP contribution in [0.25, 0.3) is 0 Å². The van der Waals surface area contributed by atoms with E-state index in [9.17, 15) is 8.42 Å². The van der Waals surface area contributed by atoms with Crippen molar-refractivity contribution < 1.29 is 13.0 Å². The first kappa shape index (κ1) is 11.6. The summed E-state index contributed by atoms with van der Waals surface area (Å²) in [7, 11) is -3.82. The summed E-state index contributed by atoms with van der Waals surface area (Å²) in [6, 6.07) is 0. The van der Waals surface area contributed by atoms with E-state index in [2.05, 4.69) is 0 Å². The first-order chi connectivity index (χ1) is 6.47. The summed E-state index contributed by atoms with van der Waals surface area (Å²) in [4.78, 5) is 0.870. The van der Waals surface area contributed by atoms with Gasteiger partial charge in [0.05, 0.1) is 5.75 Å². The molecule has 0 heterocycles. The van der Waals surface area contributed by atoms with Crippen LogP contribution in [0.5, 0.6) is 0 Å². The molecule has 0 saturated heterocycles. The van der Waals surface area contributed by atoms with Crippen LogP contribution in [0.3, 0.4) is 0 Å². The fourth-order valence-corrected chi connectivity index (χ4v) is 2.01. The molecule has 0 fully saturated rings. The van der Waals surface area contributed by atoms with E-state index in [0.717, 1.165) is 16.9 Å². The average Bonchev–Trinajstić information content (AvgIpc) is 2.01. The number of thiocarbonyl (C=S) groups is 1. The summed E-state index contributed by atoms with van der Waals surface area (Å²) in [6.45, 7) is 0. The Balaban J connectivity index is 2.39. The summed E-state index contributed by atoms with van der Waals surface area (Å²) >= 11 is 5.01. The molecule has 0 unspecified atom stereocenters. The second-order valence-corrected chi connectivity index (χ2v) is 5.28. The average molecular weight is 232 g/mol. The normalized spacial score (nSPS) is 16.9. The highest BCUT2D eigenvalue weighted by Crippen LogP contribution is 2.14. The van der Waals surface area contributed by atoms with Gasteiger partial charge in [0.1, 0.15) is 0 Å². The minimum Gasteiger partial charge on any atom is -0.286 e. The summed E-state index contributed by atoms with van der Waals surface area (Å²) < 4.78 is 29.4. The smallest absolute Gasteiger partial charge is 0.264 e. The van der Waals surface area contributed by atoms with Crippen LogP contribution in [-0.2, 0) is 10.1 Å². The molecule has 5 heteroatoms. The van der Waals surface area contributed by atoms with E-state index in [4.69, 9.17) is 16.8 Å². The standard InChI is InChI=1S/C9H12O3S2/c10-14(11,12)6-2-4-8-3-1-5-9(13)7-8/h1,3,7H,2,4-6H2,(H,10,11,12). The van der Waals surface area contributed by atoms with Gasteiger partial charge >= 0.3 is 0 Å².